The van der Waals surface area contributed by atoms with E-state index in [1.54, 1.807) is 7.11 Å². The number of esters is 1. The molecule has 1 heterocycles. The van der Waals surface area contributed by atoms with Gasteiger partial charge < -0.3 is 20.1 Å². The van der Waals surface area contributed by atoms with Crippen molar-refractivity contribution >= 4 is 24.3 Å². The van der Waals surface area contributed by atoms with Gasteiger partial charge in [0.1, 0.15) is 6.04 Å². The van der Waals surface area contributed by atoms with Crippen LogP contribution in [0.2, 0.25) is 0 Å². The summed E-state index contributed by atoms with van der Waals surface area (Å²) in [5.41, 5.74) is -0.540. The molecule has 0 spiro atoms. The minimum atomic E-state index is -0.582. The number of halogens is 1. The summed E-state index contributed by atoms with van der Waals surface area (Å²) in [4.78, 5) is 24.0. The summed E-state index contributed by atoms with van der Waals surface area (Å²) in [6.07, 6.45) is 1.94. The van der Waals surface area contributed by atoms with Gasteiger partial charge in [-0.1, -0.05) is 6.92 Å². The Morgan fingerprint density at radius 2 is 1.90 bits per heavy atom. The van der Waals surface area contributed by atoms with Crippen LogP contribution in [0.3, 0.4) is 0 Å². The molecule has 0 aromatic carbocycles. The van der Waals surface area contributed by atoms with Gasteiger partial charge in [-0.15, -0.1) is 12.4 Å². The maximum absolute atomic E-state index is 12.5. The number of hydrogen-bond donors (Lipinski definition) is 2. The zero-order valence-electron chi connectivity index (χ0n) is 12.4. The highest BCUT2D eigenvalue weighted by Gasteiger charge is 2.41. The molecule has 0 aromatic rings. The molecule has 1 unspecified atom stereocenters. The van der Waals surface area contributed by atoms with Crippen LogP contribution in [0.25, 0.3) is 0 Å². The van der Waals surface area contributed by atoms with E-state index in [9.17, 15) is 9.59 Å². The molecule has 1 saturated heterocycles. The Morgan fingerprint density at radius 1 is 1.30 bits per heavy atom. The third-order valence-corrected chi connectivity index (χ3v) is 3.66. The molecule has 1 amide bonds. The second kappa shape index (κ2) is 9.15. The Hall–Kier alpha value is -0.850. The predicted octanol–water partition coefficient (Wildman–Crippen LogP) is 0.492. The van der Waals surface area contributed by atoms with E-state index in [-0.39, 0.29) is 18.3 Å². The van der Waals surface area contributed by atoms with Crippen LogP contribution in [-0.2, 0) is 19.1 Å². The van der Waals surface area contributed by atoms with Gasteiger partial charge in [0.2, 0.25) is 5.91 Å². The molecule has 7 heteroatoms. The summed E-state index contributed by atoms with van der Waals surface area (Å²) >= 11 is 0. The number of carbonyl (C=O) groups excluding carboxylic acids is 2. The normalized spacial score (nSPS) is 18.6. The molecule has 118 valence electrons. The van der Waals surface area contributed by atoms with E-state index in [0.717, 1.165) is 13.1 Å². The van der Waals surface area contributed by atoms with Crippen molar-refractivity contribution in [3.05, 3.63) is 0 Å². The summed E-state index contributed by atoms with van der Waals surface area (Å²) in [5.74, 6) is -0.523. The first-order valence-corrected chi connectivity index (χ1v) is 6.68. The molecule has 1 fully saturated rings. The number of carbonyl (C=O) groups is 2. The summed E-state index contributed by atoms with van der Waals surface area (Å²) in [6, 6.07) is -0.582. The Bertz CT molecular complexity index is 314. The van der Waals surface area contributed by atoms with E-state index in [4.69, 9.17) is 4.74 Å². The van der Waals surface area contributed by atoms with Gasteiger partial charge >= 0.3 is 5.97 Å². The van der Waals surface area contributed by atoms with E-state index < -0.39 is 17.4 Å². The van der Waals surface area contributed by atoms with Crippen molar-refractivity contribution in [1.82, 2.24) is 10.6 Å². The van der Waals surface area contributed by atoms with Gasteiger partial charge in [0, 0.05) is 7.11 Å². The van der Waals surface area contributed by atoms with Crippen LogP contribution in [0.4, 0.5) is 0 Å². The van der Waals surface area contributed by atoms with Crippen LogP contribution < -0.4 is 10.6 Å². The summed E-state index contributed by atoms with van der Waals surface area (Å²) in [6.45, 7) is 3.78. The Kier molecular flexibility index (Phi) is 8.76. The highest BCUT2D eigenvalue weighted by Crippen LogP contribution is 2.29. The average molecular weight is 309 g/mol. The first-order valence-electron chi connectivity index (χ1n) is 6.68. The highest BCUT2D eigenvalue weighted by molar-refractivity contribution is 5.88. The predicted molar refractivity (Wildman–Crippen MR) is 77.9 cm³/mol. The van der Waals surface area contributed by atoms with E-state index in [0.29, 0.717) is 25.9 Å². The Labute approximate surface area is 126 Å². The van der Waals surface area contributed by atoms with Gasteiger partial charge in [0.05, 0.1) is 19.1 Å². The van der Waals surface area contributed by atoms with E-state index >= 15 is 0 Å². The molecule has 1 aliphatic heterocycles. The molecule has 1 atom stereocenters. The van der Waals surface area contributed by atoms with Gasteiger partial charge in [-0.25, -0.2) is 4.79 Å². The van der Waals surface area contributed by atoms with Gasteiger partial charge in [-0.2, -0.15) is 0 Å². The van der Waals surface area contributed by atoms with Gasteiger partial charge in [-0.3, -0.25) is 4.79 Å². The first kappa shape index (κ1) is 19.1. The van der Waals surface area contributed by atoms with Crippen molar-refractivity contribution in [1.29, 1.82) is 0 Å². The van der Waals surface area contributed by atoms with Crippen LogP contribution in [-0.4, -0.2) is 51.8 Å². The van der Waals surface area contributed by atoms with Gasteiger partial charge in [0.25, 0.3) is 0 Å². The monoisotopic (exact) mass is 308 g/mol. The number of hydrogen-bond acceptors (Lipinski definition) is 5. The fourth-order valence-corrected chi connectivity index (χ4v) is 2.40. The summed E-state index contributed by atoms with van der Waals surface area (Å²) < 4.78 is 9.89. The number of amides is 1. The van der Waals surface area contributed by atoms with Crippen LogP contribution in [0, 0.1) is 5.41 Å². The number of ether oxygens (including phenoxy) is 2. The van der Waals surface area contributed by atoms with Crippen molar-refractivity contribution in [3.63, 3.8) is 0 Å². The second-order valence-corrected chi connectivity index (χ2v) is 4.92. The smallest absolute Gasteiger partial charge is 0.328 e. The van der Waals surface area contributed by atoms with Gasteiger partial charge in [0.15, 0.2) is 0 Å². The molecule has 2 N–H and O–H groups in total. The fourth-order valence-electron chi connectivity index (χ4n) is 2.40. The van der Waals surface area contributed by atoms with Gasteiger partial charge in [-0.05, 0) is 32.4 Å². The van der Waals surface area contributed by atoms with Crippen LogP contribution in [0.5, 0.6) is 0 Å². The number of methoxy groups -OCH3 is 2. The van der Waals surface area contributed by atoms with Crippen molar-refractivity contribution in [2.75, 3.05) is 33.9 Å². The molecule has 6 nitrogen and oxygen atoms in total. The summed E-state index contributed by atoms with van der Waals surface area (Å²) in [5, 5.41) is 6.02. The molecule has 0 saturated carbocycles. The Morgan fingerprint density at radius 3 is 2.35 bits per heavy atom. The van der Waals surface area contributed by atoms with E-state index in [1.807, 2.05) is 6.92 Å². The first-order chi connectivity index (χ1) is 9.09. The number of rotatable bonds is 6. The minimum Gasteiger partial charge on any atom is -0.467 e. The average Bonchev–Trinajstić information content (AvgIpc) is 2.44. The lowest BCUT2D eigenvalue weighted by Gasteiger charge is -2.36. The zero-order valence-corrected chi connectivity index (χ0v) is 13.2. The topological polar surface area (TPSA) is 76.7 Å². The SMILES string of the molecule is CCC(NC(=O)C1(COC)CCNCC1)C(=O)OC.Cl. The molecule has 20 heavy (non-hydrogen) atoms. The van der Waals surface area contributed by atoms with Crippen molar-refractivity contribution in [2.24, 2.45) is 5.41 Å². The zero-order chi connectivity index (χ0) is 14.3. The number of piperidine rings is 1. The Balaban J connectivity index is 0.00000361. The fraction of sp³-hybridized carbons (Fsp3) is 0.846. The van der Waals surface area contributed by atoms with Crippen LogP contribution >= 0.6 is 12.4 Å². The number of nitrogens with one attached hydrogen (secondary N) is 2. The highest BCUT2D eigenvalue weighted by atomic mass is 35.5. The molecule has 0 aromatic heterocycles. The largest absolute Gasteiger partial charge is 0.467 e. The lowest BCUT2D eigenvalue weighted by Crippen LogP contribution is -2.54. The standard InChI is InChI=1S/C13H24N2O4.ClH/c1-4-10(11(16)19-3)15-12(17)13(9-18-2)5-7-14-8-6-13;/h10,14H,4-9H2,1-3H3,(H,15,17);1H. The third kappa shape index (κ3) is 4.61. The second-order valence-electron chi connectivity index (χ2n) is 4.92. The van der Waals surface area contributed by atoms with E-state index in [2.05, 4.69) is 15.4 Å². The third-order valence-electron chi connectivity index (χ3n) is 3.66. The van der Waals surface area contributed by atoms with E-state index in [1.165, 1.54) is 7.11 Å². The molecule has 0 aliphatic carbocycles. The maximum Gasteiger partial charge on any atom is 0.328 e. The quantitative estimate of drug-likeness (QED) is 0.699. The van der Waals surface area contributed by atoms with Crippen molar-refractivity contribution in [3.8, 4) is 0 Å². The maximum atomic E-state index is 12.5. The van der Waals surface area contributed by atoms with Crippen LogP contribution in [0.15, 0.2) is 0 Å². The molecular weight excluding hydrogens is 284 g/mol. The molecular formula is C13H25ClN2O4. The molecule has 0 bridgehead atoms. The molecule has 1 aliphatic rings. The molecule has 0 radical (unpaired) electrons. The van der Waals surface area contributed by atoms with Crippen molar-refractivity contribution < 1.29 is 19.1 Å². The minimum absolute atomic E-state index is 0. The van der Waals surface area contributed by atoms with Crippen LogP contribution in [0.1, 0.15) is 26.2 Å². The van der Waals surface area contributed by atoms with Crippen molar-refractivity contribution in [2.45, 2.75) is 32.2 Å². The lowest BCUT2D eigenvalue weighted by molar-refractivity contribution is -0.148. The molecule has 1 rings (SSSR count). The lowest BCUT2D eigenvalue weighted by atomic mass is 9.78. The summed E-state index contributed by atoms with van der Waals surface area (Å²) in [7, 11) is 2.92.